The highest BCUT2D eigenvalue weighted by atomic mass is 35.5. The first-order valence-electron chi connectivity index (χ1n) is 10.1. The van der Waals surface area contributed by atoms with Crippen molar-refractivity contribution < 1.29 is 9.18 Å². The van der Waals surface area contributed by atoms with E-state index in [0.29, 0.717) is 32.1 Å². The topological polar surface area (TPSA) is 61.4 Å². The third-order valence-corrected chi connectivity index (χ3v) is 5.53. The van der Waals surface area contributed by atoms with Crippen molar-refractivity contribution in [1.29, 1.82) is 0 Å². The third-order valence-electron chi connectivity index (χ3n) is 5.22. The summed E-state index contributed by atoms with van der Waals surface area (Å²) in [4.78, 5) is 25.6. The molecule has 1 aliphatic rings. The molecule has 0 aliphatic carbocycles. The maximum Gasteiger partial charge on any atom is 0.258 e. The standard InChI is InChI=1S/C23H23ClFN5O/c1-15-6-8-17(9-7-15)27-23-26-16(2)14-20(28-23)29-10-12-30(13-11-29)22(31)21-18(24)4-3-5-19(21)25/h3-9,14H,10-13H2,1-2H3,(H,26,27,28). The molecule has 0 unspecified atom stereocenters. The smallest absolute Gasteiger partial charge is 0.258 e. The van der Waals surface area contributed by atoms with Gasteiger partial charge in [-0.3, -0.25) is 4.79 Å². The van der Waals surface area contributed by atoms with Crippen molar-refractivity contribution in [3.8, 4) is 0 Å². The minimum atomic E-state index is -0.599. The Morgan fingerprint density at radius 1 is 1.03 bits per heavy atom. The van der Waals surface area contributed by atoms with Crippen molar-refractivity contribution in [3.63, 3.8) is 0 Å². The van der Waals surface area contributed by atoms with E-state index in [1.54, 1.807) is 4.90 Å². The van der Waals surface area contributed by atoms with E-state index in [1.165, 1.54) is 23.8 Å². The molecule has 0 atom stereocenters. The van der Waals surface area contributed by atoms with Crippen molar-refractivity contribution in [1.82, 2.24) is 14.9 Å². The molecular weight excluding hydrogens is 417 g/mol. The van der Waals surface area contributed by atoms with Crippen LogP contribution in [0.25, 0.3) is 0 Å². The summed E-state index contributed by atoms with van der Waals surface area (Å²) in [5.41, 5.74) is 2.87. The number of benzene rings is 2. The number of nitrogens with zero attached hydrogens (tertiary/aromatic N) is 4. The average Bonchev–Trinajstić information content (AvgIpc) is 2.75. The summed E-state index contributed by atoms with van der Waals surface area (Å²) in [5, 5.41) is 3.37. The molecule has 2 aromatic carbocycles. The van der Waals surface area contributed by atoms with Gasteiger partial charge < -0.3 is 15.1 Å². The number of carbonyl (C=O) groups is 1. The molecule has 4 rings (SSSR count). The molecule has 3 aromatic rings. The number of aromatic nitrogens is 2. The van der Waals surface area contributed by atoms with Crippen molar-refractivity contribution in [2.45, 2.75) is 13.8 Å². The van der Waals surface area contributed by atoms with Crippen LogP contribution in [0, 0.1) is 19.7 Å². The van der Waals surface area contributed by atoms with Gasteiger partial charge in [0.05, 0.1) is 10.6 Å². The summed E-state index contributed by atoms with van der Waals surface area (Å²) < 4.78 is 14.1. The lowest BCUT2D eigenvalue weighted by Crippen LogP contribution is -2.49. The van der Waals surface area contributed by atoms with Gasteiger partial charge in [-0.15, -0.1) is 0 Å². The maximum absolute atomic E-state index is 14.1. The van der Waals surface area contributed by atoms with Crippen LogP contribution in [-0.4, -0.2) is 47.0 Å². The molecule has 6 nitrogen and oxygen atoms in total. The molecule has 8 heteroatoms. The minimum Gasteiger partial charge on any atom is -0.353 e. The molecule has 0 saturated carbocycles. The first-order chi connectivity index (χ1) is 14.9. The van der Waals surface area contributed by atoms with Gasteiger partial charge in [-0.2, -0.15) is 4.98 Å². The predicted octanol–water partition coefficient (Wildman–Crippen LogP) is 4.59. The van der Waals surface area contributed by atoms with Crippen molar-refractivity contribution >= 4 is 35.0 Å². The van der Waals surface area contributed by atoms with Gasteiger partial charge in [0.25, 0.3) is 5.91 Å². The Morgan fingerprint density at radius 3 is 2.42 bits per heavy atom. The van der Waals surface area contributed by atoms with Crippen LogP contribution in [0.15, 0.2) is 48.5 Å². The highest BCUT2D eigenvalue weighted by molar-refractivity contribution is 6.33. The Balaban J connectivity index is 1.45. The molecule has 0 bridgehead atoms. The van der Waals surface area contributed by atoms with Crippen LogP contribution in [0.5, 0.6) is 0 Å². The number of aryl methyl sites for hydroxylation is 2. The van der Waals surface area contributed by atoms with Gasteiger partial charge in [0, 0.05) is 43.6 Å². The number of rotatable bonds is 4. The van der Waals surface area contributed by atoms with Crippen LogP contribution in [0.2, 0.25) is 5.02 Å². The first kappa shape index (κ1) is 21.1. The SMILES string of the molecule is Cc1ccc(Nc2nc(C)cc(N3CCN(C(=O)c4c(F)cccc4Cl)CC3)n2)cc1. The van der Waals surface area contributed by atoms with Crippen molar-refractivity contribution in [3.05, 3.63) is 76.2 Å². The van der Waals surface area contributed by atoms with E-state index >= 15 is 0 Å². The Bertz CT molecular complexity index is 1080. The fraction of sp³-hybridized carbons (Fsp3) is 0.261. The second kappa shape index (κ2) is 8.89. The van der Waals surface area contributed by atoms with E-state index in [2.05, 4.69) is 20.2 Å². The van der Waals surface area contributed by atoms with Gasteiger partial charge in [0.15, 0.2) is 0 Å². The number of amides is 1. The fourth-order valence-corrected chi connectivity index (χ4v) is 3.78. The van der Waals surface area contributed by atoms with Crippen LogP contribution in [0.4, 0.5) is 21.8 Å². The molecule has 31 heavy (non-hydrogen) atoms. The van der Waals surface area contributed by atoms with Crippen LogP contribution in [-0.2, 0) is 0 Å². The van der Waals surface area contributed by atoms with Crippen LogP contribution in [0.1, 0.15) is 21.6 Å². The lowest BCUT2D eigenvalue weighted by atomic mass is 10.1. The molecule has 1 saturated heterocycles. The molecule has 1 amide bonds. The van der Waals surface area contributed by atoms with E-state index in [9.17, 15) is 9.18 Å². The Hall–Kier alpha value is -3.19. The summed E-state index contributed by atoms with van der Waals surface area (Å²) in [6.07, 6.45) is 0. The van der Waals surface area contributed by atoms with Crippen LogP contribution < -0.4 is 10.2 Å². The van der Waals surface area contributed by atoms with Gasteiger partial charge in [-0.1, -0.05) is 35.4 Å². The fourth-order valence-electron chi connectivity index (χ4n) is 3.53. The van der Waals surface area contributed by atoms with Crippen LogP contribution in [0.3, 0.4) is 0 Å². The number of carbonyl (C=O) groups excluding carboxylic acids is 1. The largest absolute Gasteiger partial charge is 0.353 e. The second-order valence-electron chi connectivity index (χ2n) is 7.56. The normalized spacial score (nSPS) is 13.9. The van der Waals surface area contributed by atoms with Gasteiger partial charge in [0.2, 0.25) is 5.95 Å². The van der Waals surface area contributed by atoms with E-state index < -0.39 is 5.82 Å². The Kier molecular flexibility index (Phi) is 6.04. The van der Waals surface area contributed by atoms with Crippen molar-refractivity contribution in [2.75, 3.05) is 36.4 Å². The minimum absolute atomic E-state index is 0.0694. The summed E-state index contributed by atoms with van der Waals surface area (Å²) >= 11 is 6.06. The van der Waals surface area contributed by atoms with E-state index in [1.807, 2.05) is 44.2 Å². The molecule has 1 aliphatic heterocycles. The Morgan fingerprint density at radius 2 is 1.74 bits per heavy atom. The third kappa shape index (κ3) is 4.77. The zero-order valence-electron chi connectivity index (χ0n) is 17.4. The highest BCUT2D eigenvalue weighted by Gasteiger charge is 2.26. The molecule has 2 heterocycles. The number of hydrogen-bond donors (Lipinski definition) is 1. The van der Waals surface area contributed by atoms with Gasteiger partial charge in [-0.05, 0) is 38.1 Å². The summed E-state index contributed by atoms with van der Waals surface area (Å²) in [7, 11) is 0. The molecule has 0 spiro atoms. The number of anilines is 3. The quantitative estimate of drug-likeness (QED) is 0.644. The molecule has 0 radical (unpaired) electrons. The van der Waals surface area contributed by atoms with Crippen LogP contribution >= 0.6 is 11.6 Å². The number of halogens is 2. The summed E-state index contributed by atoms with van der Waals surface area (Å²) in [6, 6.07) is 14.2. The van der Waals surface area contributed by atoms with E-state index in [-0.39, 0.29) is 16.5 Å². The van der Waals surface area contributed by atoms with Gasteiger partial charge >= 0.3 is 0 Å². The molecule has 1 aromatic heterocycles. The number of hydrogen-bond acceptors (Lipinski definition) is 5. The summed E-state index contributed by atoms with van der Waals surface area (Å²) in [6.45, 7) is 6.03. The molecular formula is C23H23ClFN5O. The molecule has 160 valence electrons. The van der Waals surface area contributed by atoms with Crippen molar-refractivity contribution in [2.24, 2.45) is 0 Å². The van der Waals surface area contributed by atoms with E-state index in [4.69, 9.17) is 11.6 Å². The highest BCUT2D eigenvalue weighted by Crippen LogP contribution is 2.23. The lowest BCUT2D eigenvalue weighted by molar-refractivity contribution is 0.0742. The zero-order valence-corrected chi connectivity index (χ0v) is 18.2. The van der Waals surface area contributed by atoms with E-state index in [0.717, 1.165) is 17.2 Å². The lowest BCUT2D eigenvalue weighted by Gasteiger charge is -2.35. The molecule has 1 N–H and O–H groups in total. The maximum atomic E-state index is 14.1. The monoisotopic (exact) mass is 439 g/mol. The van der Waals surface area contributed by atoms with Gasteiger partial charge in [-0.25, -0.2) is 9.37 Å². The summed E-state index contributed by atoms with van der Waals surface area (Å²) in [5.74, 6) is 0.329. The average molecular weight is 440 g/mol. The second-order valence-corrected chi connectivity index (χ2v) is 7.97. The Labute approximate surface area is 185 Å². The molecule has 1 fully saturated rings. The number of nitrogens with one attached hydrogen (secondary N) is 1. The zero-order chi connectivity index (χ0) is 22.0. The number of piperazine rings is 1. The first-order valence-corrected chi connectivity index (χ1v) is 10.5. The van der Waals surface area contributed by atoms with Gasteiger partial charge in [0.1, 0.15) is 11.6 Å². The predicted molar refractivity (Wildman–Crippen MR) is 121 cm³/mol.